The van der Waals surface area contributed by atoms with Crippen molar-refractivity contribution >= 4 is 34.3 Å². The minimum Gasteiger partial charge on any atom is -0.309 e. The van der Waals surface area contributed by atoms with E-state index in [0.29, 0.717) is 0 Å². The number of carbonyl (C=O) groups excluding carboxylic acids is 2. The molecular formula is C9H15N2O6S+. The van der Waals surface area contributed by atoms with Crippen LogP contribution in [-0.2, 0) is 28.4 Å². The van der Waals surface area contributed by atoms with Gasteiger partial charge < -0.3 is 4.18 Å². The minimum atomic E-state index is -4.55. The molecule has 0 atom stereocenters. The fraction of sp³-hybridized carbons (Fsp3) is 0.556. The van der Waals surface area contributed by atoms with Gasteiger partial charge in [0.15, 0.2) is 11.5 Å². The van der Waals surface area contributed by atoms with Gasteiger partial charge >= 0.3 is 22.8 Å². The van der Waals surface area contributed by atoms with Gasteiger partial charge in [0, 0.05) is 13.5 Å². The van der Waals surface area contributed by atoms with E-state index in [0.717, 1.165) is 6.40 Å². The van der Waals surface area contributed by atoms with Crippen LogP contribution in [-0.4, -0.2) is 58.0 Å². The zero-order chi connectivity index (χ0) is 14.3. The van der Waals surface area contributed by atoms with Crippen molar-refractivity contribution in [3.8, 4) is 0 Å². The molecule has 0 aromatic heterocycles. The van der Waals surface area contributed by atoms with E-state index in [-0.39, 0.29) is 6.42 Å². The van der Waals surface area contributed by atoms with E-state index in [4.69, 9.17) is 0 Å². The lowest BCUT2D eigenvalue weighted by atomic mass is 10.2. The molecule has 0 aromatic rings. The van der Waals surface area contributed by atoms with E-state index in [9.17, 15) is 18.0 Å². The number of hydrogen-bond donors (Lipinski definition) is 0. The predicted octanol–water partition coefficient (Wildman–Crippen LogP) is -0.859. The van der Waals surface area contributed by atoms with Crippen molar-refractivity contribution in [1.82, 2.24) is 0 Å². The van der Waals surface area contributed by atoms with Crippen molar-refractivity contribution in [2.75, 3.05) is 21.1 Å². The average Bonchev–Trinajstić information content (AvgIpc) is 2.26. The van der Waals surface area contributed by atoms with Crippen LogP contribution in [0.2, 0.25) is 0 Å². The Morgan fingerprint density at radius 3 is 2.28 bits per heavy atom. The summed E-state index contributed by atoms with van der Waals surface area (Å²) in [7, 11) is -0.347. The Bertz CT molecular complexity index is 487. The molecule has 0 aliphatic carbocycles. The van der Waals surface area contributed by atoms with Gasteiger partial charge in [-0.2, -0.15) is 0 Å². The molecule has 0 unspecified atom stereocenters. The first-order chi connectivity index (χ1) is 8.23. The van der Waals surface area contributed by atoms with Crippen molar-refractivity contribution in [3.63, 3.8) is 0 Å². The fourth-order valence-electron chi connectivity index (χ4n) is 0.788. The average molecular weight is 279 g/mol. The van der Waals surface area contributed by atoms with Gasteiger partial charge in [0.25, 0.3) is 0 Å². The van der Waals surface area contributed by atoms with E-state index >= 15 is 0 Å². The van der Waals surface area contributed by atoms with E-state index in [2.05, 4.69) is 13.4 Å². The Labute approximate surface area is 105 Å². The highest BCUT2D eigenvalue weighted by Gasteiger charge is 2.27. The van der Waals surface area contributed by atoms with Gasteiger partial charge in [0.1, 0.15) is 14.1 Å². The van der Waals surface area contributed by atoms with Crippen LogP contribution in [0.1, 0.15) is 13.3 Å². The van der Waals surface area contributed by atoms with Crippen molar-refractivity contribution in [1.29, 1.82) is 0 Å². The fourth-order valence-corrected chi connectivity index (χ4v) is 1.37. The van der Waals surface area contributed by atoms with Crippen LogP contribution in [0.5, 0.6) is 0 Å². The summed E-state index contributed by atoms with van der Waals surface area (Å²) >= 11 is 0. The first-order valence-electron chi connectivity index (χ1n) is 4.90. The Balaban J connectivity index is 4.86. The maximum Gasteiger partial charge on any atom is 0.508 e. The maximum atomic E-state index is 11.4. The van der Waals surface area contributed by atoms with E-state index in [1.54, 1.807) is 0 Å². The van der Waals surface area contributed by atoms with Crippen LogP contribution >= 0.6 is 0 Å². The van der Waals surface area contributed by atoms with E-state index in [1.807, 2.05) is 0 Å². The summed E-state index contributed by atoms with van der Waals surface area (Å²) in [6.45, 7) is 1.51. The number of nitrogens with zero attached hydrogens (tertiary/aromatic N) is 2. The summed E-state index contributed by atoms with van der Waals surface area (Å²) in [6, 6.07) is 0. The molecule has 9 heteroatoms. The van der Waals surface area contributed by atoms with E-state index < -0.39 is 27.9 Å². The highest BCUT2D eigenvalue weighted by molar-refractivity contribution is 7.82. The molecule has 0 radical (unpaired) electrons. The first-order valence-corrected chi connectivity index (χ1v) is 6.23. The third-order valence-corrected chi connectivity index (χ3v) is 2.23. The summed E-state index contributed by atoms with van der Waals surface area (Å²) in [4.78, 5) is 26.0. The quantitative estimate of drug-likeness (QED) is 0.271. The Morgan fingerprint density at radius 1 is 1.33 bits per heavy atom. The van der Waals surface area contributed by atoms with Crippen LogP contribution in [0.25, 0.3) is 0 Å². The van der Waals surface area contributed by atoms with Gasteiger partial charge in [-0.1, -0.05) is 6.92 Å². The third-order valence-electron chi connectivity index (χ3n) is 1.55. The molecule has 0 spiro atoms. The first kappa shape index (κ1) is 16.2. The summed E-state index contributed by atoms with van der Waals surface area (Å²) in [6.07, 6.45) is 0.833. The molecule has 0 bridgehead atoms. The number of carbonyl (C=O) groups is 2. The minimum absolute atomic E-state index is 0.00645. The highest BCUT2D eigenvalue weighted by Crippen LogP contribution is 1.99. The molecule has 18 heavy (non-hydrogen) atoms. The molecule has 0 aliphatic rings. The number of rotatable bonds is 6. The second-order valence-electron chi connectivity index (χ2n) is 3.29. The van der Waals surface area contributed by atoms with Crippen LogP contribution < -0.4 is 0 Å². The van der Waals surface area contributed by atoms with Crippen LogP contribution in [0, 0.1) is 0 Å². The van der Waals surface area contributed by atoms with Crippen molar-refractivity contribution < 1.29 is 30.9 Å². The van der Waals surface area contributed by atoms with Crippen LogP contribution in [0.4, 0.5) is 0 Å². The molecule has 0 aromatic carbocycles. The van der Waals surface area contributed by atoms with Gasteiger partial charge in [-0.25, -0.2) is 9.37 Å². The number of ketones is 1. The second-order valence-corrected chi connectivity index (χ2v) is 4.47. The molecule has 0 heterocycles. The lowest BCUT2D eigenvalue weighted by molar-refractivity contribution is -0.466. The summed E-state index contributed by atoms with van der Waals surface area (Å²) < 4.78 is 32.0. The van der Waals surface area contributed by atoms with E-state index in [1.165, 1.54) is 32.6 Å². The molecule has 0 amide bonds. The van der Waals surface area contributed by atoms with Gasteiger partial charge in [-0.05, 0) is 0 Å². The molecule has 0 N–H and O–H groups in total. The lowest BCUT2D eigenvalue weighted by Crippen LogP contribution is -2.29. The Kier molecular flexibility index (Phi) is 6.17. The van der Waals surface area contributed by atoms with Gasteiger partial charge in [-0.3, -0.25) is 14.0 Å². The SMILES string of the molecule is CCC(=O)/C(=N/C)C(=O)OS(=O)(=O)OC=[N+](C)C. The third kappa shape index (κ3) is 5.53. The van der Waals surface area contributed by atoms with Crippen LogP contribution in [0.15, 0.2) is 4.99 Å². The summed E-state index contributed by atoms with van der Waals surface area (Å²) in [5.74, 6) is -1.98. The normalized spacial score (nSPS) is 11.7. The number of hydrogen-bond acceptors (Lipinski definition) is 7. The monoisotopic (exact) mass is 279 g/mol. The van der Waals surface area contributed by atoms with Gasteiger partial charge in [0.2, 0.25) is 0 Å². The van der Waals surface area contributed by atoms with Crippen molar-refractivity contribution in [2.45, 2.75) is 13.3 Å². The lowest BCUT2D eigenvalue weighted by Gasteiger charge is -2.03. The van der Waals surface area contributed by atoms with Gasteiger partial charge in [0.05, 0.1) is 0 Å². The predicted molar refractivity (Wildman–Crippen MR) is 62.9 cm³/mol. The molecule has 0 fully saturated rings. The smallest absolute Gasteiger partial charge is 0.309 e. The Morgan fingerprint density at radius 2 is 1.89 bits per heavy atom. The Hall–Kier alpha value is -1.77. The van der Waals surface area contributed by atoms with Crippen molar-refractivity contribution in [2.24, 2.45) is 4.99 Å². The number of aliphatic imine (C=N–C) groups is 1. The zero-order valence-electron chi connectivity index (χ0n) is 10.5. The molecule has 0 rings (SSSR count). The molecule has 0 saturated heterocycles. The highest BCUT2D eigenvalue weighted by atomic mass is 32.3. The second kappa shape index (κ2) is 6.84. The van der Waals surface area contributed by atoms with Gasteiger partial charge in [-0.15, -0.1) is 8.42 Å². The van der Waals surface area contributed by atoms with Crippen molar-refractivity contribution in [3.05, 3.63) is 0 Å². The molecule has 0 aliphatic heterocycles. The largest absolute Gasteiger partial charge is 0.508 e. The molecular weight excluding hydrogens is 264 g/mol. The summed E-state index contributed by atoms with van der Waals surface area (Å²) in [5.41, 5.74) is -0.575. The molecule has 8 nitrogen and oxygen atoms in total. The maximum absolute atomic E-state index is 11.4. The topological polar surface area (TPSA) is 102 Å². The molecule has 0 saturated carbocycles. The zero-order valence-corrected chi connectivity index (χ0v) is 11.4. The number of Topliss-reactive ketones (excluding diaryl/α,β-unsaturated/α-hetero) is 1. The van der Waals surface area contributed by atoms with Crippen LogP contribution in [0.3, 0.4) is 0 Å². The summed E-state index contributed by atoms with van der Waals surface area (Å²) in [5, 5.41) is 0. The molecule has 102 valence electrons. The standard InChI is InChI=1S/C9H15N2O6S/c1-5-7(12)8(10-2)9(13)17-18(14,15)16-6-11(3)4/h6H,5H2,1-4H3/q+1/b10-8-.